The van der Waals surface area contributed by atoms with Crippen molar-refractivity contribution < 1.29 is 0 Å². The highest BCUT2D eigenvalue weighted by molar-refractivity contribution is 6.25. The van der Waals surface area contributed by atoms with E-state index in [2.05, 4.69) is 54.4 Å². The van der Waals surface area contributed by atoms with Gasteiger partial charge < -0.3 is 5.32 Å². The molecular formula is C15H21ClN2. The van der Waals surface area contributed by atoms with Crippen LogP contribution in [0.15, 0.2) is 41.4 Å². The van der Waals surface area contributed by atoms with Crippen LogP contribution in [0.25, 0.3) is 0 Å². The summed E-state index contributed by atoms with van der Waals surface area (Å²) in [6, 6.07) is 10.7. The summed E-state index contributed by atoms with van der Waals surface area (Å²) in [5, 5.41) is 3.64. The maximum atomic E-state index is 5.75. The van der Waals surface area contributed by atoms with Crippen molar-refractivity contribution in [2.24, 2.45) is 0 Å². The monoisotopic (exact) mass is 264 g/mol. The molecule has 0 amide bonds. The molecule has 0 bridgehead atoms. The van der Waals surface area contributed by atoms with E-state index in [0.717, 1.165) is 26.2 Å². The zero-order valence-electron chi connectivity index (χ0n) is 11.1. The Hall–Kier alpha value is -0.830. The lowest BCUT2D eigenvalue weighted by atomic mass is 9.89. The Morgan fingerprint density at radius 1 is 1.44 bits per heavy atom. The van der Waals surface area contributed by atoms with Crippen molar-refractivity contribution in [3.8, 4) is 0 Å². The molecule has 2 rings (SSSR count). The molecule has 1 unspecified atom stereocenters. The van der Waals surface area contributed by atoms with Crippen LogP contribution in [0.2, 0.25) is 0 Å². The molecule has 1 saturated heterocycles. The van der Waals surface area contributed by atoms with Crippen LogP contribution in [-0.2, 0) is 5.54 Å². The molecule has 0 spiro atoms. The van der Waals surface area contributed by atoms with E-state index in [1.165, 1.54) is 11.1 Å². The Morgan fingerprint density at radius 3 is 2.83 bits per heavy atom. The van der Waals surface area contributed by atoms with Crippen molar-refractivity contribution in [1.29, 1.82) is 0 Å². The predicted octanol–water partition coefficient (Wildman–Crippen LogP) is 2.95. The Kier molecular flexibility index (Phi) is 4.44. The third-order valence-corrected chi connectivity index (χ3v) is 3.93. The van der Waals surface area contributed by atoms with E-state index in [-0.39, 0.29) is 5.54 Å². The molecular weight excluding hydrogens is 244 g/mol. The third kappa shape index (κ3) is 3.14. The molecule has 0 saturated carbocycles. The van der Waals surface area contributed by atoms with Gasteiger partial charge in [-0.3, -0.25) is 4.90 Å². The number of nitrogens with one attached hydrogen (secondary N) is 1. The first-order chi connectivity index (χ1) is 8.64. The zero-order valence-corrected chi connectivity index (χ0v) is 11.9. The Balaban J connectivity index is 2.10. The fourth-order valence-electron chi connectivity index (χ4n) is 2.59. The molecule has 98 valence electrons. The van der Waals surface area contributed by atoms with Gasteiger partial charge in [0, 0.05) is 31.7 Å². The lowest BCUT2D eigenvalue weighted by molar-refractivity contribution is 0.153. The van der Waals surface area contributed by atoms with Gasteiger partial charge in [0.2, 0.25) is 0 Å². The van der Waals surface area contributed by atoms with E-state index in [9.17, 15) is 0 Å². The van der Waals surface area contributed by atoms with Crippen molar-refractivity contribution in [3.63, 3.8) is 0 Å². The van der Waals surface area contributed by atoms with Crippen molar-refractivity contribution in [2.75, 3.05) is 26.2 Å². The summed E-state index contributed by atoms with van der Waals surface area (Å²) < 4.78 is 0. The van der Waals surface area contributed by atoms with Gasteiger partial charge in [-0.2, -0.15) is 0 Å². The first kappa shape index (κ1) is 13.6. The first-order valence-corrected chi connectivity index (χ1v) is 6.86. The van der Waals surface area contributed by atoms with Gasteiger partial charge in [0.1, 0.15) is 0 Å². The summed E-state index contributed by atoms with van der Waals surface area (Å²) in [7, 11) is 0. The molecule has 2 nitrogen and oxygen atoms in total. The van der Waals surface area contributed by atoms with E-state index >= 15 is 0 Å². The highest BCUT2D eigenvalue weighted by atomic mass is 35.5. The van der Waals surface area contributed by atoms with Crippen LogP contribution in [-0.4, -0.2) is 31.1 Å². The van der Waals surface area contributed by atoms with Crippen LogP contribution in [0.5, 0.6) is 0 Å². The van der Waals surface area contributed by atoms with E-state index in [0.29, 0.717) is 0 Å². The molecule has 1 atom stereocenters. The molecule has 18 heavy (non-hydrogen) atoms. The largest absolute Gasteiger partial charge is 0.305 e. The molecule has 0 aromatic heterocycles. The number of nitrogens with zero attached hydrogens (tertiary/aromatic N) is 1. The van der Waals surface area contributed by atoms with Gasteiger partial charge in [-0.05, 0) is 25.0 Å². The number of hydrogen-bond donors (Lipinski definition) is 1. The minimum Gasteiger partial charge on any atom is -0.305 e. The molecule has 1 fully saturated rings. The summed E-state index contributed by atoms with van der Waals surface area (Å²) in [5.41, 5.74) is 4.28. The van der Waals surface area contributed by atoms with Crippen molar-refractivity contribution in [3.05, 3.63) is 47.0 Å². The standard InChI is InChI=1S/C15H21ClN2/c1-13(10-16)11-18-9-8-17-15(2,12-18)14-6-4-3-5-7-14/h3-7,10,17H,8-9,11-12H2,1-2H3/b13-10-. The lowest BCUT2D eigenvalue weighted by Crippen LogP contribution is -2.56. The number of hydrogen-bond acceptors (Lipinski definition) is 2. The van der Waals surface area contributed by atoms with E-state index < -0.39 is 0 Å². The Bertz CT molecular complexity index is 416. The maximum absolute atomic E-state index is 5.75. The molecule has 0 radical (unpaired) electrons. The van der Waals surface area contributed by atoms with Crippen molar-refractivity contribution >= 4 is 11.6 Å². The highest BCUT2D eigenvalue weighted by Gasteiger charge is 2.31. The van der Waals surface area contributed by atoms with Crippen LogP contribution in [0, 0.1) is 0 Å². The van der Waals surface area contributed by atoms with Crippen molar-refractivity contribution in [1.82, 2.24) is 10.2 Å². The summed E-state index contributed by atoms with van der Waals surface area (Å²) >= 11 is 5.75. The maximum Gasteiger partial charge on any atom is 0.0535 e. The highest BCUT2D eigenvalue weighted by Crippen LogP contribution is 2.24. The van der Waals surface area contributed by atoms with Gasteiger partial charge in [-0.25, -0.2) is 0 Å². The lowest BCUT2D eigenvalue weighted by Gasteiger charge is -2.42. The zero-order chi connectivity index (χ0) is 13.0. The average Bonchev–Trinajstić information content (AvgIpc) is 2.40. The number of piperazine rings is 1. The number of halogens is 1. The Morgan fingerprint density at radius 2 is 2.17 bits per heavy atom. The summed E-state index contributed by atoms with van der Waals surface area (Å²) in [4.78, 5) is 2.46. The third-order valence-electron chi connectivity index (χ3n) is 3.55. The fourth-order valence-corrected chi connectivity index (χ4v) is 2.66. The molecule has 1 N–H and O–H groups in total. The van der Waals surface area contributed by atoms with Gasteiger partial charge in [-0.1, -0.05) is 41.9 Å². The van der Waals surface area contributed by atoms with Gasteiger partial charge in [-0.15, -0.1) is 0 Å². The van der Waals surface area contributed by atoms with Gasteiger partial charge >= 0.3 is 0 Å². The minimum atomic E-state index is 0.0338. The van der Waals surface area contributed by atoms with Crippen LogP contribution in [0.1, 0.15) is 19.4 Å². The topological polar surface area (TPSA) is 15.3 Å². The quantitative estimate of drug-likeness (QED) is 0.903. The van der Waals surface area contributed by atoms with Crippen LogP contribution in [0.4, 0.5) is 0 Å². The normalized spacial score (nSPS) is 26.3. The second kappa shape index (κ2) is 5.87. The molecule has 1 heterocycles. The number of benzene rings is 1. The van der Waals surface area contributed by atoms with Crippen LogP contribution >= 0.6 is 11.6 Å². The molecule has 1 aromatic carbocycles. The summed E-state index contributed by atoms with van der Waals surface area (Å²) in [6.45, 7) is 8.40. The summed E-state index contributed by atoms with van der Waals surface area (Å²) in [6.07, 6.45) is 0. The second-order valence-corrected chi connectivity index (χ2v) is 5.51. The minimum absolute atomic E-state index is 0.0338. The smallest absolute Gasteiger partial charge is 0.0535 e. The van der Waals surface area contributed by atoms with E-state index in [1.807, 2.05) is 0 Å². The molecule has 1 aliphatic heterocycles. The summed E-state index contributed by atoms with van der Waals surface area (Å²) in [5.74, 6) is 0. The SMILES string of the molecule is C/C(=C/Cl)CN1CCNC(C)(c2ccccc2)C1. The average molecular weight is 265 g/mol. The molecule has 0 aliphatic carbocycles. The molecule has 3 heteroatoms. The molecule has 1 aromatic rings. The Labute approximate surface area is 115 Å². The van der Waals surface area contributed by atoms with Crippen molar-refractivity contribution in [2.45, 2.75) is 19.4 Å². The molecule has 1 aliphatic rings. The van der Waals surface area contributed by atoms with Gasteiger partial charge in [0.25, 0.3) is 0 Å². The second-order valence-electron chi connectivity index (χ2n) is 5.29. The fraction of sp³-hybridized carbons (Fsp3) is 0.467. The van der Waals surface area contributed by atoms with Crippen LogP contribution < -0.4 is 5.32 Å². The van der Waals surface area contributed by atoms with E-state index in [4.69, 9.17) is 11.6 Å². The van der Waals surface area contributed by atoms with Gasteiger partial charge in [0.15, 0.2) is 0 Å². The van der Waals surface area contributed by atoms with Gasteiger partial charge in [0.05, 0.1) is 5.54 Å². The first-order valence-electron chi connectivity index (χ1n) is 6.43. The van der Waals surface area contributed by atoms with E-state index in [1.54, 1.807) is 5.54 Å². The predicted molar refractivity (Wildman–Crippen MR) is 77.8 cm³/mol. The number of rotatable bonds is 3. The van der Waals surface area contributed by atoms with Crippen LogP contribution in [0.3, 0.4) is 0 Å².